The van der Waals surface area contributed by atoms with E-state index in [0.29, 0.717) is 0 Å². The van der Waals surface area contributed by atoms with Crippen molar-refractivity contribution < 1.29 is 13.5 Å². The molecule has 0 heterocycles. The SMILES string of the molecule is CC[CH]=[Ru]([Cl])[Cl].[CH2-]CCC. The predicted molar refractivity (Wildman–Crippen MR) is 48.3 cm³/mol. The summed E-state index contributed by atoms with van der Waals surface area (Å²) in [6.45, 7) is 7.76. The molecule has 0 aromatic rings. The maximum absolute atomic E-state index is 5.43. The van der Waals surface area contributed by atoms with Gasteiger partial charge in [0, 0.05) is 0 Å². The van der Waals surface area contributed by atoms with Gasteiger partial charge in [0.05, 0.1) is 0 Å². The molecule has 3 heteroatoms. The van der Waals surface area contributed by atoms with Gasteiger partial charge in [-0.15, -0.1) is 0 Å². The molecule has 0 nitrogen and oxygen atoms in total. The van der Waals surface area contributed by atoms with Crippen LogP contribution < -0.4 is 0 Å². The Labute approximate surface area is 77.4 Å². The molecule has 0 saturated carbocycles. The van der Waals surface area contributed by atoms with Crippen LogP contribution in [0.25, 0.3) is 0 Å². The Bertz CT molecular complexity index is 75.7. The number of halogens is 2. The molecule has 0 spiro atoms. The van der Waals surface area contributed by atoms with Gasteiger partial charge in [0.1, 0.15) is 0 Å². The van der Waals surface area contributed by atoms with Gasteiger partial charge in [-0.1, -0.05) is 13.3 Å². The second-order valence-corrected chi connectivity index (χ2v) is 7.54. The molecule has 0 amide bonds. The standard InChI is InChI=1S/C4H9.C3H6.2ClH.Ru/c1-3-4-2;1-3-2;;;/h1,3-4H2,2H3;1H,3H2,2H3;2*1H;/q-1;;;;+2/p-2. The van der Waals surface area contributed by atoms with Crippen molar-refractivity contribution in [1.82, 2.24) is 0 Å². The zero-order valence-electron chi connectivity index (χ0n) is 6.52. The van der Waals surface area contributed by atoms with Crippen LogP contribution in [0, 0.1) is 6.92 Å². The molecule has 0 fully saturated rings. The van der Waals surface area contributed by atoms with Gasteiger partial charge in [-0.3, -0.25) is 0 Å². The Kier molecular flexibility index (Phi) is 17.4. The molecule has 0 aliphatic rings. The monoisotopic (exact) mass is 271 g/mol. The molecule has 0 rings (SSSR count). The first-order valence-corrected chi connectivity index (χ1v) is 8.77. The molecule has 0 saturated heterocycles. The zero-order valence-corrected chi connectivity index (χ0v) is 9.77. The Hall–Kier alpha value is 1.07. The van der Waals surface area contributed by atoms with Crippen LogP contribution in [0.2, 0.25) is 0 Å². The normalized spacial score (nSPS) is 9.50. The Balaban J connectivity index is 0. The summed E-state index contributed by atoms with van der Waals surface area (Å²) in [5, 5.41) is 0. The number of rotatable bonds is 2. The Morgan fingerprint density at radius 2 is 1.80 bits per heavy atom. The van der Waals surface area contributed by atoms with E-state index in [1.165, 1.54) is 6.42 Å². The summed E-state index contributed by atoms with van der Waals surface area (Å²) in [6.07, 6.45) is 3.28. The Morgan fingerprint density at radius 3 is 1.80 bits per heavy atom. The zero-order chi connectivity index (χ0) is 8.41. The number of hydrogen-bond acceptors (Lipinski definition) is 0. The largest absolute Gasteiger partial charge is 0.343 e. The second-order valence-electron chi connectivity index (χ2n) is 1.61. The quantitative estimate of drug-likeness (QED) is 0.530. The molecular weight excluding hydrogens is 256 g/mol. The van der Waals surface area contributed by atoms with Crippen LogP contribution in [0.5, 0.6) is 0 Å². The van der Waals surface area contributed by atoms with E-state index in [1.54, 1.807) is 0 Å². The van der Waals surface area contributed by atoms with Crippen LogP contribution in [0.3, 0.4) is 0 Å². The minimum absolute atomic E-state index is 1.01. The van der Waals surface area contributed by atoms with Crippen LogP contribution in [0.15, 0.2) is 0 Å². The van der Waals surface area contributed by atoms with Crippen molar-refractivity contribution in [3.8, 4) is 0 Å². The van der Waals surface area contributed by atoms with Crippen LogP contribution >= 0.6 is 19.4 Å². The van der Waals surface area contributed by atoms with Crippen molar-refractivity contribution in [2.45, 2.75) is 33.1 Å². The van der Waals surface area contributed by atoms with E-state index in [0.717, 1.165) is 12.8 Å². The van der Waals surface area contributed by atoms with Gasteiger partial charge in [-0.05, 0) is 0 Å². The minimum Gasteiger partial charge on any atom is -0.343 e. The van der Waals surface area contributed by atoms with Crippen LogP contribution in [0.4, 0.5) is 0 Å². The van der Waals surface area contributed by atoms with E-state index in [9.17, 15) is 0 Å². The molecule has 0 aromatic heterocycles. The third-order valence-corrected chi connectivity index (χ3v) is 3.14. The van der Waals surface area contributed by atoms with E-state index >= 15 is 0 Å². The Morgan fingerprint density at radius 1 is 1.40 bits per heavy atom. The summed E-state index contributed by atoms with van der Waals surface area (Å²) >= 11 is -1.39. The van der Waals surface area contributed by atoms with Crippen LogP contribution in [-0.4, -0.2) is 4.61 Å². The molecular formula is C7H15Cl2Ru-. The van der Waals surface area contributed by atoms with Crippen molar-refractivity contribution >= 4 is 24.0 Å². The van der Waals surface area contributed by atoms with Crippen LogP contribution in [-0.2, 0) is 13.5 Å². The van der Waals surface area contributed by atoms with E-state index < -0.39 is 13.5 Å². The summed E-state index contributed by atoms with van der Waals surface area (Å²) in [5.74, 6) is 0. The smallest absolute Gasteiger partial charge is 0.0678 e. The summed E-state index contributed by atoms with van der Waals surface area (Å²) in [5.41, 5.74) is 0. The van der Waals surface area contributed by atoms with Crippen molar-refractivity contribution in [2.75, 3.05) is 0 Å². The fourth-order valence-electron chi connectivity index (χ4n) is 0.109. The first kappa shape index (κ1) is 13.6. The first-order valence-electron chi connectivity index (χ1n) is 3.29. The van der Waals surface area contributed by atoms with E-state index in [2.05, 4.69) is 13.8 Å². The third kappa shape index (κ3) is 23.0. The van der Waals surface area contributed by atoms with Gasteiger partial charge < -0.3 is 6.92 Å². The molecule has 66 valence electrons. The second kappa shape index (κ2) is 12.7. The average molecular weight is 271 g/mol. The van der Waals surface area contributed by atoms with Gasteiger partial charge in [0.15, 0.2) is 0 Å². The van der Waals surface area contributed by atoms with Crippen molar-refractivity contribution in [2.24, 2.45) is 0 Å². The summed E-state index contributed by atoms with van der Waals surface area (Å²) in [6, 6.07) is 0. The maximum atomic E-state index is 5.43. The molecule has 0 radical (unpaired) electrons. The van der Waals surface area contributed by atoms with E-state index in [4.69, 9.17) is 19.4 Å². The van der Waals surface area contributed by atoms with Gasteiger partial charge in [-0.2, -0.15) is 6.42 Å². The molecule has 0 aliphatic carbocycles. The van der Waals surface area contributed by atoms with Gasteiger partial charge >= 0.3 is 50.9 Å². The fraction of sp³-hybridized carbons (Fsp3) is 0.714. The maximum Gasteiger partial charge on any atom is -0.0678 e. The molecule has 0 N–H and O–H groups in total. The van der Waals surface area contributed by atoms with Gasteiger partial charge in [0.2, 0.25) is 0 Å². The van der Waals surface area contributed by atoms with Gasteiger partial charge in [-0.25, -0.2) is 0 Å². The van der Waals surface area contributed by atoms with E-state index in [1.807, 2.05) is 11.5 Å². The third-order valence-electron chi connectivity index (χ3n) is 0.607. The predicted octanol–water partition coefficient (Wildman–Crippen LogP) is 3.74. The average Bonchev–Trinajstić information content (AvgIpc) is 1.89. The first-order chi connectivity index (χ1) is 4.68. The molecule has 0 atom stereocenters. The molecule has 0 aliphatic heterocycles. The van der Waals surface area contributed by atoms with Crippen molar-refractivity contribution in [1.29, 1.82) is 0 Å². The molecule has 0 unspecified atom stereocenters. The summed E-state index contributed by atoms with van der Waals surface area (Å²) < 4.78 is 1.97. The fourth-order valence-corrected chi connectivity index (χ4v) is 1.94. The number of unbranched alkanes of at least 4 members (excludes halogenated alkanes) is 1. The van der Waals surface area contributed by atoms with E-state index in [-0.39, 0.29) is 0 Å². The summed E-state index contributed by atoms with van der Waals surface area (Å²) in [7, 11) is 10.9. The molecule has 0 bridgehead atoms. The minimum atomic E-state index is -1.39. The molecule has 0 aromatic carbocycles. The topological polar surface area (TPSA) is 0 Å². The molecule has 10 heavy (non-hydrogen) atoms. The van der Waals surface area contributed by atoms with Crippen LogP contribution in [0.1, 0.15) is 33.1 Å². The van der Waals surface area contributed by atoms with Crippen molar-refractivity contribution in [3.63, 3.8) is 0 Å². The van der Waals surface area contributed by atoms with Gasteiger partial charge in [0.25, 0.3) is 0 Å². The number of hydrogen-bond donors (Lipinski definition) is 0. The summed E-state index contributed by atoms with van der Waals surface area (Å²) in [4.78, 5) is 0. The van der Waals surface area contributed by atoms with Crippen molar-refractivity contribution in [3.05, 3.63) is 6.92 Å².